The summed E-state index contributed by atoms with van der Waals surface area (Å²) >= 11 is 0. The van der Waals surface area contributed by atoms with Crippen molar-refractivity contribution in [2.45, 2.75) is 58.6 Å². The topological polar surface area (TPSA) is 34.1 Å². The van der Waals surface area contributed by atoms with Crippen LogP contribution in [0.1, 0.15) is 50.7 Å². The highest BCUT2D eigenvalue weighted by Gasteiger charge is 2.05. The van der Waals surface area contributed by atoms with Gasteiger partial charge >= 0.3 is 0 Å². The molecule has 4 nitrogen and oxygen atoms in total. The fraction of sp³-hybridized carbons (Fsp3) is 0.480. The Morgan fingerprint density at radius 3 is 1.97 bits per heavy atom. The molecule has 0 radical (unpaired) electrons. The van der Waals surface area contributed by atoms with Crippen LogP contribution in [0.25, 0.3) is 11.1 Å². The van der Waals surface area contributed by atoms with Gasteiger partial charge in [-0.15, -0.1) is 0 Å². The third-order valence-electron chi connectivity index (χ3n) is 4.66. The maximum Gasteiger partial charge on any atom is 0.225 e. The Hall–Kier alpha value is -2.33. The molecule has 2 aromatic rings. The van der Waals surface area contributed by atoms with Crippen molar-refractivity contribution in [1.29, 1.82) is 0 Å². The summed E-state index contributed by atoms with van der Waals surface area (Å²) in [7, 11) is 5.75. The summed E-state index contributed by atoms with van der Waals surface area (Å²) in [4.78, 5) is 7.05. The van der Waals surface area contributed by atoms with Crippen LogP contribution in [0.2, 0.25) is 0 Å². The van der Waals surface area contributed by atoms with Crippen molar-refractivity contribution in [1.82, 2.24) is 4.90 Å². The lowest BCUT2D eigenvalue weighted by molar-refractivity contribution is 0.166. The molecule has 29 heavy (non-hydrogen) atoms. The van der Waals surface area contributed by atoms with Crippen molar-refractivity contribution in [2.24, 2.45) is 5.16 Å². The molecule has 0 unspecified atom stereocenters. The Bertz CT molecular complexity index is 734. The molecule has 0 saturated carbocycles. The highest BCUT2D eigenvalue weighted by molar-refractivity contribution is 5.75. The molecular formula is C25H36N2O2. The lowest BCUT2D eigenvalue weighted by atomic mass is 10.00. The van der Waals surface area contributed by atoms with Crippen LogP contribution in [0.3, 0.4) is 0 Å². The van der Waals surface area contributed by atoms with E-state index >= 15 is 0 Å². The average Bonchev–Trinajstić information content (AvgIpc) is 2.68. The molecule has 0 aliphatic heterocycles. The molecule has 0 spiro atoms. The second-order valence-corrected chi connectivity index (χ2v) is 8.03. The van der Waals surface area contributed by atoms with Crippen molar-refractivity contribution in [2.75, 3.05) is 21.2 Å². The molecule has 0 bridgehead atoms. The van der Waals surface area contributed by atoms with Crippen LogP contribution in [0.4, 0.5) is 0 Å². The quantitative estimate of drug-likeness (QED) is 0.205. The molecule has 0 aliphatic rings. The lowest BCUT2D eigenvalue weighted by Gasteiger charge is -2.11. The van der Waals surface area contributed by atoms with Gasteiger partial charge in [-0.05, 0) is 69.5 Å². The van der Waals surface area contributed by atoms with E-state index < -0.39 is 0 Å². The van der Waals surface area contributed by atoms with E-state index in [1.165, 1.54) is 28.7 Å². The number of benzene rings is 2. The Morgan fingerprint density at radius 1 is 0.862 bits per heavy atom. The van der Waals surface area contributed by atoms with Gasteiger partial charge in [0, 0.05) is 13.0 Å². The van der Waals surface area contributed by atoms with E-state index in [9.17, 15) is 0 Å². The number of nitrogens with zero attached hydrogens (tertiary/aromatic N) is 2. The maximum absolute atomic E-state index is 5.66. The smallest absolute Gasteiger partial charge is 0.225 e. The van der Waals surface area contributed by atoms with Crippen LogP contribution >= 0.6 is 0 Å². The second kappa shape index (κ2) is 12.3. The Balaban J connectivity index is 1.77. The van der Waals surface area contributed by atoms with Gasteiger partial charge in [-0.1, -0.05) is 60.1 Å². The van der Waals surface area contributed by atoms with E-state index in [1.807, 2.05) is 13.8 Å². The van der Waals surface area contributed by atoms with Gasteiger partial charge in [0.15, 0.2) is 0 Å². The number of oxime groups is 1. The van der Waals surface area contributed by atoms with E-state index in [-0.39, 0.29) is 6.10 Å². The first-order valence-electron chi connectivity index (χ1n) is 10.6. The van der Waals surface area contributed by atoms with E-state index in [0.717, 1.165) is 32.2 Å². The lowest BCUT2D eigenvalue weighted by Crippen LogP contribution is -2.12. The molecule has 2 aromatic carbocycles. The Labute approximate surface area is 176 Å². The number of unbranched alkanes of at least 4 members (excludes halogenated alkanes) is 2. The minimum absolute atomic E-state index is 0.131. The van der Waals surface area contributed by atoms with Crippen LogP contribution in [0.5, 0.6) is 0 Å². The van der Waals surface area contributed by atoms with Crippen molar-refractivity contribution >= 4 is 5.90 Å². The summed E-state index contributed by atoms with van der Waals surface area (Å²) in [5.74, 6) is 0.698. The van der Waals surface area contributed by atoms with Crippen LogP contribution < -0.4 is 0 Å². The monoisotopic (exact) mass is 396 g/mol. The fourth-order valence-electron chi connectivity index (χ4n) is 3.31. The van der Waals surface area contributed by atoms with Crippen LogP contribution in [0.15, 0.2) is 53.7 Å². The number of aryl methyl sites for hydroxylation is 1. The average molecular weight is 397 g/mol. The number of rotatable bonds is 11. The third kappa shape index (κ3) is 8.70. The molecular weight excluding hydrogens is 360 g/mol. The van der Waals surface area contributed by atoms with Gasteiger partial charge in [0.2, 0.25) is 5.90 Å². The zero-order chi connectivity index (χ0) is 21.1. The summed E-state index contributed by atoms with van der Waals surface area (Å²) < 4.78 is 5.66. The molecule has 0 heterocycles. The minimum atomic E-state index is 0.131. The molecule has 2 rings (SSSR count). The number of hydrogen-bond acceptors (Lipinski definition) is 4. The van der Waals surface area contributed by atoms with Crippen molar-refractivity contribution in [3.63, 3.8) is 0 Å². The highest BCUT2D eigenvalue weighted by atomic mass is 16.6. The standard InChI is InChI=1S/C25H36N2O2/c1-20(2)29-25(26-28-5)10-8-6-7-9-21-11-15-23(16-12-21)24-17-13-22(14-18-24)19-27(3)4/h11-18,20H,6-10,19H2,1-5H3/b26-25-. The normalized spacial score (nSPS) is 11.9. The van der Waals surface area contributed by atoms with Gasteiger partial charge in [-0.25, -0.2) is 0 Å². The van der Waals surface area contributed by atoms with Gasteiger partial charge in [0.05, 0.1) is 6.10 Å². The first kappa shape index (κ1) is 23.0. The van der Waals surface area contributed by atoms with E-state index in [4.69, 9.17) is 9.57 Å². The van der Waals surface area contributed by atoms with Crippen LogP contribution in [-0.2, 0) is 22.5 Å². The van der Waals surface area contributed by atoms with Gasteiger partial charge in [0.25, 0.3) is 0 Å². The van der Waals surface area contributed by atoms with Gasteiger partial charge in [-0.3, -0.25) is 0 Å². The summed E-state index contributed by atoms with van der Waals surface area (Å²) in [6, 6.07) is 17.8. The van der Waals surface area contributed by atoms with Crippen LogP contribution in [-0.4, -0.2) is 38.1 Å². The maximum atomic E-state index is 5.66. The predicted molar refractivity (Wildman–Crippen MR) is 122 cm³/mol. The zero-order valence-electron chi connectivity index (χ0n) is 18.6. The zero-order valence-corrected chi connectivity index (χ0v) is 18.6. The van der Waals surface area contributed by atoms with Gasteiger partial charge < -0.3 is 14.5 Å². The summed E-state index contributed by atoms with van der Waals surface area (Å²) in [5.41, 5.74) is 5.28. The Kier molecular flexibility index (Phi) is 9.72. The molecule has 4 heteroatoms. The molecule has 0 N–H and O–H groups in total. The molecule has 0 amide bonds. The molecule has 0 aliphatic carbocycles. The minimum Gasteiger partial charge on any atom is -0.476 e. The first-order chi connectivity index (χ1) is 14.0. The predicted octanol–water partition coefficient (Wildman–Crippen LogP) is 5.90. The second-order valence-electron chi connectivity index (χ2n) is 8.03. The largest absolute Gasteiger partial charge is 0.476 e. The molecule has 0 saturated heterocycles. The van der Waals surface area contributed by atoms with Crippen molar-refractivity contribution < 1.29 is 9.57 Å². The summed E-state index contributed by atoms with van der Waals surface area (Å²) in [5, 5.41) is 3.97. The number of hydrogen-bond donors (Lipinski definition) is 0. The SMILES string of the molecule is CO/N=C(/CCCCCc1ccc(-c2ccc(CN(C)C)cc2)cc1)OC(C)C. The van der Waals surface area contributed by atoms with Gasteiger partial charge in [-0.2, -0.15) is 0 Å². The van der Waals surface area contributed by atoms with E-state index in [2.05, 4.69) is 72.7 Å². The molecule has 158 valence electrons. The Morgan fingerprint density at radius 2 is 1.45 bits per heavy atom. The van der Waals surface area contributed by atoms with Gasteiger partial charge in [0.1, 0.15) is 7.11 Å². The molecule has 0 aromatic heterocycles. The fourth-order valence-corrected chi connectivity index (χ4v) is 3.31. The summed E-state index contributed by atoms with van der Waals surface area (Å²) in [6.45, 7) is 4.99. The van der Waals surface area contributed by atoms with Crippen molar-refractivity contribution in [3.8, 4) is 11.1 Å². The van der Waals surface area contributed by atoms with E-state index in [0.29, 0.717) is 5.90 Å². The highest BCUT2D eigenvalue weighted by Crippen LogP contribution is 2.21. The number of ether oxygens (including phenoxy) is 1. The van der Waals surface area contributed by atoms with Crippen molar-refractivity contribution in [3.05, 3.63) is 59.7 Å². The van der Waals surface area contributed by atoms with Crippen LogP contribution in [0, 0.1) is 0 Å². The third-order valence-corrected chi connectivity index (χ3v) is 4.66. The van der Waals surface area contributed by atoms with E-state index in [1.54, 1.807) is 7.11 Å². The molecule has 0 fully saturated rings. The molecule has 0 atom stereocenters. The summed E-state index contributed by atoms with van der Waals surface area (Å²) in [6.07, 6.45) is 5.44. The first-order valence-corrected chi connectivity index (χ1v) is 10.6.